The maximum atomic E-state index is 3.67. The summed E-state index contributed by atoms with van der Waals surface area (Å²) in [7, 11) is 0. The summed E-state index contributed by atoms with van der Waals surface area (Å²) in [5.41, 5.74) is 1.53. The molecule has 2 rings (SSSR count). The van der Waals surface area contributed by atoms with E-state index >= 15 is 0 Å². The van der Waals surface area contributed by atoms with E-state index in [-0.39, 0.29) is 5.54 Å². The van der Waals surface area contributed by atoms with Crippen LogP contribution >= 0.6 is 0 Å². The van der Waals surface area contributed by atoms with Crippen molar-refractivity contribution in [3.05, 3.63) is 30.3 Å². The van der Waals surface area contributed by atoms with Crippen molar-refractivity contribution in [2.45, 2.75) is 38.8 Å². The molecule has 1 fully saturated rings. The molecule has 87 valence electrons. The fourth-order valence-electron chi connectivity index (χ4n) is 2.31. The lowest BCUT2D eigenvalue weighted by Crippen LogP contribution is -2.44. The van der Waals surface area contributed by atoms with E-state index in [4.69, 9.17) is 0 Å². The molecule has 0 aromatic heterocycles. The molecule has 1 radical (unpaired) electrons. The number of hydrogen-bond donors (Lipinski definition) is 1. The van der Waals surface area contributed by atoms with Gasteiger partial charge in [-0.25, -0.2) is 0 Å². The molecule has 2 nitrogen and oxygen atoms in total. The highest BCUT2D eigenvalue weighted by Gasteiger charge is 2.25. The lowest BCUT2D eigenvalue weighted by Gasteiger charge is -2.26. The van der Waals surface area contributed by atoms with Crippen molar-refractivity contribution in [1.82, 2.24) is 5.32 Å². The summed E-state index contributed by atoms with van der Waals surface area (Å²) in [5, 5.41) is 3.67. The lowest BCUT2D eigenvalue weighted by atomic mass is 10.1. The summed E-state index contributed by atoms with van der Waals surface area (Å²) in [6, 6.07) is 11.9. The smallest absolute Gasteiger partial charge is 0.0367 e. The molecule has 1 saturated heterocycles. The van der Waals surface area contributed by atoms with E-state index in [0.29, 0.717) is 6.04 Å². The van der Waals surface area contributed by atoms with Crippen LogP contribution in [0.1, 0.15) is 27.2 Å². The number of anilines is 1. The van der Waals surface area contributed by atoms with E-state index in [1.54, 1.807) is 0 Å². The maximum absolute atomic E-state index is 3.67. The first-order valence-corrected chi connectivity index (χ1v) is 6.03. The molecule has 1 aliphatic rings. The van der Waals surface area contributed by atoms with Gasteiger partial charge in [0, 0.05) is 30.4 Å². The van der Waals surface area contributed by atoms with E-state index in [1.807, 2.05) is 12.1 Å². The maximum Gasteiger partial charge on any atom is 0.0367 e. The second-order valence-corrected chi connectivity index (χ2v) is 5.58. The van der Waals surface area contributed by atoms with Crippen LogP contribution in [0.2, 0.25) is 0 Å². The Morgan fingerprint density at radius 3 is 2.62 bits per heavy atom. The quantitative estimate of drug-likeness (QED) is 0.818. The SMILES string of the molecule is CC(C)(C)NC1CCN(c2cc[c]cc2)C1. The van der Waals surface area contributed by atoms with Gasteiger partial charge in [-0.15, -0.1) is 0 Å². The molecule has 1 heterocycles. The van der Waals surface area contributed by atoms with Crippen LogP contribution in [0.15, 0.2) is 24.3 Å². The van der Waals surface area contributed by atoms with Gasteiger partial charge in [0.2, 0.25) is 0 Å². The molecule has 0 amide bonds. The van der Waals surface area contributed by atoms with Crippen LogP contribution < -0.4 is 10.2 Å². The molecule has 0 aliphatic carbocycles. The Balaban J connectivity index is 1.94. The molecule has 0 saturated carbocycles. The first kappa shape index (κ1) is 11.5. The third-order valence-electron chi connectivity index (χ3n) is 2.89. The summed E-state index contributed by atoms with van der Waals surface area (Å²) < 4.78 is 0. The Morgan fingerprint density at radius 2 is 2.00 bits per heavy atom. The molecule has 1 aliphatic heterocycles. The fraction of sp³-hybridized carbons (Fsp3) is 0.571. The van der Waals surface area contributed by atoms with Gasteiger partial charge in [0.05, 0.1) is 0 Å². The van der Waals surface area contributed by atoms with Crippen LogP contribution in [0.25, 0.3) is 0 Å². The molecule has 1 unspecified atom stereocenters. The molecule has 2 heteroatoms. The summed E-state index contributed by atoms with van der Waals surface area (Å²) >= 11 is 0. The van der Waals surface area contributed by atoms with Crippen LogP contribution in [0.5, 0.6) is 0 Å². The topological polar surface area (TPSA) is 15.3 Å². The second kappa shape index (κ2) is 4.46. The van der Waals surface area contributed by atoms with Crippen molar-refractivity contribution < 1.29 is 0 Å². The Bertz CT molecular complexity index is 326. The number of rotatable bonds is 2. The van der Waals surface area contributed by atoms with Gasteiger partial charge in [-0.05, 0) is 45.4 Å². The summed E-state index contributed by atoms with van der Waals surface area (Å²) in [5.74, 6) is 0. The van der Waals surface area contributed by atoms with Gasteiger partial charge in [0.25, 0.3) is 0 Å². The van der Waals surface area contributed by atoms with Gasteiger partial charge < -0.3 is 10.2 Å². The third kappa shape index (κ3) is 2.99. The van der Waals surface area contributed by atoms with Crippen molar-refractivity contribution in [3.8, 4) is 0 Å². The van der Waals surface area contributed by atoms with Gasteiger partial charge in [-0.3, -0.25) is 0 Å². The van der Waals surface area contributed by atoms with Crippen molar-refractivity contribution >= 4 is 5.69 Å². The van der Waals surface area contributed by atoms with Crippen molar-refractivity contribution in [2.75, 3.05) is 18.0 Å². The highest BCUT2D eigenvalue weighted by molar-refractivity contribution is 5.47. The van der Waals surface area contributed by atoms with Crippen molar-refractivity contribution in [3.63, 3.8) is 0 Å². The summed E-state index contributed by atoms with van der Waals surface area (Å²) in [6.07, 6.45) is 1.23. The molecular weight excluding hydrogens is 196 g/mol. The number of benzene rings is 1. The number of nitrogens with zero attached hydrogens (tertiary/aromatic N) is 1. The molecular formula is C14H21N2. The average molecular weight is 217 g/mol. The first-order chi connectivity index (χ1) is 7.54. The standard InChI is InChI=1S/C14H21N2/c1-14(2,3)15-12-9-10-16(11-12)13-7-5-4-6-8-13/h5-8,12,15H,9-11H2,1-3H3. The van der Waals surface area contributed by atoms with Crippen molar-refractivity contribution in [2.24, 2.45) is 0 Å². The van der Waals surface area contributed by atoms with Gasteiger partial charge >= 0.3 is 0 Å². The van der Waals surface area contributed by atoms with Crippen LogP contribution in [-0.4, -0.2) is 24.7 Å². The van der Waals surface area contributed by atoms with Crippen LogP contribution in [0.3, 0.4) is 0 Å². The fourth-order valence-corrected chi connectivity index (χ4v) is 2.31. The average Bonchev–Trinajstić information content (AvgIpc) is 2.65. The van der Waals surface area contributed by atoms with Gasteiger partial charge in [-0.2, -0.15) is 0 Å². The largest absolute Gasteiger partial charge is 0.370 e. The van der Waals surface area contributed by atoms with E-state index in [1.165, 1.54) is 12.1 Å². The molecule has 1 aromatic rings. The molecule has 1 atom stereocenters. The molecule has 0 spiro atoms. The zero-order chi connectivity index (χ0) is 11.6. The van der Waals surface area contributed by atoms with E-state index in [0.717, 1.165) is 13.1 Å². The molecule has 16 heavy (non-hydrogen) atoms. The minimum absolute atomic E-state index is 0.213. The zero-order valence-corrected chi connectivity index (χ0v) is 10.5. The Kier molecular flexibility index (Phi) is 3.20. The van der Waals surface area contributed by atoms with E-state index < -0.39 is 0 Å². The normalized spacial score (nSPS) is 21.4. The monoisotopic (exact) mass is 217 g/mol. The van der Waals surface area contributed by atoms with Gasteiger partial charge in [-0.1, -0.05) is 12.1 Å². The minimum atomic E-state index is 0.213. The van der Waals surface area contributed by atoms with Crippen LogP contribution in [-0.2, 0) is 0 Å². The highest BCUT2D eigenvalue weighted by Crippen LogP contribution is 2.20. The van der Waals surface area contributed by atoms with Gasteiger partial charge in [0.1, 0.15) is 0 Å². The van der Waals surface area contributed by atoms with Crippen LogP contribution in [0.4, 0.5) is 5.69 Å². The predicted octanol–water partition coefficient (Wildman–Crippen LogP) is 2.45. The second-order valence-electron chi connectivity index (χ2n) is 5.58. The van der Waals surface area contributed by atoms with Crippen molar-refractivity contribution in [1.29, 1.82) is 0 Å². The Morgan fingerprint density at radius 1 is 1.31 bits per heavy atom. The summed E-state index contributed by atoms with van der Waals surface area (Å²) in [4.78, 5) is 2.44. The molecule has 0 bridgehead atoms. The van der Waals surface area contributed by atoms with E-state index in [9.17, 15) is 0 Å². The first-order valence-electron chi connectivity index (χ1n) is 6.03. The van der Waals surface area contributed by atoms with E-state index in [2.05, 4.69) is 49.2 Å². The van der Waals surface area contributed by atoms with Crippen LogP contribution in [0, 0.1) is 6.07 Å². The Hall–Kier alpha value is -1.02. The summed E-state index contributed by atoms with van der Waals surface area (Å²) in [6.45, 7) is 8.95. The highest BCUT2D eigenvalue weighted by atomic mass is 15.2. The Labute approximate surface area is 98.7 Å². The predicted molar refractivity (Wildman–Crippen MR) is 68.8 cm³/mol. The number of hydrogen-bond acceptors (Lipinski definition) is 2. The lowest BCUT2D eigenvalue weighted by molar-refractivity contribution is 0.373. The zero-order valence-electron chi connectivity index (χ0n) is 10.5. The minimum Gasteiger partial charge on any atom is -0.370 e. The molecule has 1 N–H and O–H groups in total. The van der Waals surface area contributed by atoms with Gasteiger partial charge in [0.15, 0.2) is 0 Å². The third-order valence-corrected chi connectivity index (χ3v) is 2.89. The number of nitrogens with one attached hydrogen (secondary N) is 1. The molecule has 1 aromatic carbocycles.